The summed E-state index contributed by atoms with van der Waals surface area (Å²) in [6, 6.07) is 9.93. The maximum Gasteiger partial charge on any atom is 0.126 e. The fourth-order valence-corrected chi connectivity index (χ4v) is 1.72. The first-order chi connectivity index (χ1) is 6.20. The highest BCUT2D eigenvalue weighted by Crippen LogP contribution is 2.30. The molecule has 0 saturated carbocycles. The Morgan fingerprint density at radius 2 is 1.54 bits per heavy atom. The molecular formula is C12H12O. The molecule has 1 N–H and O–H groups in total. The lowest BCUT2D eigenvalue weighted by molar-refractivity contribution is 0.477. The smallest absolute Gasteiger partial charge is 0.126 e. The van der Waals surface area contributed by atoms with Crippen LogP contribution in [0.3, 0.4) is 0 Å². The summed E-state index contributed by atoms with van der Waals surface area (Å²) >= 11 is 0. The minimum Gasteiger partial charge on any atom is -0.507 e. The highest BCUT2D eigenvalue weighted by Gasteiger charge is 2.04. The second kappa shape index (κ2) is 2.77. The first-order valence-electron chi connectivity index (χ1n) is 4.38. The van der Waals surface area contributed by atoms with E-state index in [1.165, 1.54) is 5.56 Å². The van der Waals surface area contributed by atoms with Crippen molar-refractivity contribution in [3.05, 3.63) is 41.5 Å². The lowest BCUT2D eigenvalue weighted by Gasteiger charge is -2.06. The van der Waals surface area contributed by atoms with Gasteiger partial charge in [0.1, 0.15) is 5.75 Å². The van der Waals surface area contributed by atoms with E-state index in [0.29, 0.717) is 5.75 Å². The molecule has 13 heavy (non-hydrogen) atoms. The average Bonchev–Trinajstić information content (AvgIpc) is 2.15. The van der Waals surface area contributed by atoms with E-state index in [-0.39, 0.29) is 0 Å². The molecule has 0 heterocycles. The number of aromatic hydroxyl groups is 1. The third-order valence-electron chi connectivity index (χ3n) is 2.41. The predicted molar refractivity (Wildman–Crippen MR) is 55.1 cm³/mol. The van der Waals surface area contributed by atoms with Crippen LogP contribution in [0.5, 0.6) is 5.75 Å². The van der Waals surface area contributed by atoms with Gasteiger partial charge >= 0.3 is 0 Å². The minimum absolute atomic E-state index is 0.404. The monoisotopic (exact) mass is 172 g/mol. The van der Waals surface area contributed by atoms with E-state index in [2.05, 4.69) is 6.92 Å². The van der Waals surface area contributed by atoms with Crippen molar-refractivity contribution >= 4 is 10.8 Å². The number of hydrogen-bond acceptors (Lipinski definition) is 1. The van der Waals surface area contributed by atoms with E-state index >= 15 is 0 Å². The van der Waals surface area contributed by atoms with Gasteiger partial charge in [0.15, 0.2) is 0 Å². The lowest BCUT2D eigenvalue weighted by Crippen LogP contribution is -1.82. The van der Waals surface area contributed by atoms with Gasteiger partial charge in [0, 0.05) is 5.39 Å². The van der Waals surface area contributed by atoms with Crippen molar-refractivity contribution in [3.8, 4) is 5.75 Å². The van der Waals surface area contributed by atoms with Gasteiger partial charge in [-0.2, -0.15) is 0 Å². The molecule has 0 amide bonds. The average molecular weight is 172 g/mol. The van der Waals surface area contributed by atoms with Crippen LogP contribution in [0.4, 0.5) is 0 Å². The molecule has 0 unspecified atom stereocenters. The van der Waals surface area contributed by atoms with Crippen molar-refractivity contribution in [2.75, 3.05) is 0 Å². The van der Waals surface area contributed by atoms with E-state index in [9.17, 15) is 5.11 Å². The second-order valence-electron chi connectivity index (χ2n) is 3.40. The summed E-state index contributed by atoms with van der Waals surface area (Å²) in [6.07, 6.45) is 0. The van der Waals surface area contributed by atoms with Crippen LogP contribution in [0.15, 0.2) is 30.3 Å². The molecule has 0 aliphatic rings. The molecule has 0 atom stereocenters. The molecule has 0 bridgehead atoms. The Labute approximate surface area is 77.6 Å². The van der Waals surface area contributed by atoms with Gasteiger partial charge in [-0.25, -0.2) is 0 Å². The van der Waals surface area contributed by atoms with Crippen LogP contribution in [0.1, 0.15) is 11.1 Å². The zero-order valence-electron chi connectivity index (χ0n) is 7.83. The van der Waals surface area contributed by atoms with Gasteiger partial charge < -0.3 is 5.11 Å². The van der Waals surface area contributed by atoms with E-state index < -0.39 is 0 Å². The van der Waals surface area contributed by atoms with Gasteiger partial charge in [0.2, 0.25) is 0 Å². The Morgan fingerprint density at radius 1 is 0.923 bits per heavy atom. The van der Waals surface area contributed by atoms with Crippen molar-refractivity contribution < 1.29 is 5.11 Å². The van der Waals surface area contributed by atoms with Gasteiger partial charge in [-0.1, -0.05) is 30.3 Å². The lowest BCUT2D eigenvalue weighted by atomic mass is 10.0. The number of fused-ring (bicyclic) bond motifs is 1. The summed E-state index contributed by atoms with van der Waals surface area (Å²) in [5, 5.41) is 11.9. The molecule has 66 valence electrons. The second-order valence-corrected chi connectivity index (χ2v) is 3.40. The quantitative estimate of drug-likeness (QED) is 0.647. The van der Waals surface area contributed by atoms with Crippen LogP contribution < -0.4 is 0 Å². The number of rotatable bonds is 0. The first kappa shape index (κ1) is 8.11. The summed E-state index contributed by atoms with van der Waals surface area (Å²) in [4.78, 5) is 0. The zero-order chi connectivity index (χ0) is 9.42. The molecule has 0 aliphatic carbocycles. The SMILES string of the molecule is Cc1cc(C)c2ccccc2c1O. The van der Waals surface area contributed by atoms with Gasteiger partial charge in [0.25, 0.3) is 0 Å². The topological polar surface area (TPSA) is 20.2 Å². The molecular weight excluding hydrogens is 160 g/mol. The predicted octanol–water partition coefficient (Wildman–Crippen LogP) is 3.16. The Bertz CT molecular complexity index is 458. The summed E-state index contributed by atoms with van der Waals surface area (Å²) in [7, 11) is 0. The molecule has 2 aromatic carbocycles. The maximum absolute atomic E-state index is 9.78. The highest BCUT2D eigenvalue weighted by molar-refractivity contribution is 5.91. The number of hydrogen-bond donors (Lipinski definition) is 1. The van der Waals surface area contributed by atoms with Crippen LogP contribution in [0.2, 0.25) is 0 Å². The van der Waals surface area contributed by atoms with Crippen molar-refractivity contribution in [1.82, 2.24) is 0 Å². The van der Waals surface area contributed by atoms with Crippen LogP contribution in [-0.2, 0) is 0 Å². The van der Waals surface area contributed by atoms with Gasteiger partial charge in [-0.05, 0) is 30.4 Å². The fraction of sp³-hybridized carbons (Fsp3) is 0.167. The Balaban J connectivity index is 2.97. The van der Waals surface area contributed by atoms with E-state index in [4.69, 9.17) is 0 Å². The van der Waals surface area contributed by atoms with Gasteiger partial charge in [-0.3, -0.25) is 0 Å². The molecule has 0 spiro atoms. The first-order valence-corrected chi connectivity index (χ1v) is 4.38. The van der Waals surface area contributed by atoms with Crippen LogP contribution in [-0.4, -0.2) is 5.11 Å². The molecule has 1 nitrogen and oxygen atoms in total. The van der Waals surface area contributed by atoms with Crippen molar-refractivity contribution in [3.63, 3.8) is 0 Å². The zero-order valence-corrected chi connectivity index (χ0v) is 7.83. The molecule has 0 fully saturated rings. The summed E-state index contributed by atoms with van der Waals surface area (Å²) < 4.78 is 0. The number of phenols is 1. The van der Waals surface area contributed by atoms with Gasteiger partial charge in [-0.15, -0.1) is 0 Å². The van der Waals surface area contributed by atoms with E-state index in [0.717, 1.165) is 16.3 Å². The van der Waals surface area contributed by atoms with Crippen molar-refractivity contribution in [1.29, 1.82) is 0 Å². The Morgan fingerprint density at radius 3 is 2.23 bits per heavy atom. The largest absolute Gasteiger partial charge is 0.507 e. The molecule has 0 saturated heterocycles. The highest BCUT2D eigenvalue weighted by atomic mass is 16.3. The van der Waals surface area contributed by atoms with Crippen molar-refractivity contribution in [2.45, 2.75) is 13.8 Å². The minimum atomic E-state index is 0.404. The fourth-order valence-electron chi connectivity index (χ4n) is 1.72. The summed E-state index contributed by atoms with van der Waals surface area (Å²) in [5.41, 5.74) is 2.15. The molecule has 0 aromatic heterocycles. The Kier molecular flexibility index (Phi) is 1.73. The summed E-state index contributed by atoms with van der Waals surface area (Å²) in [5.74, 6) is 0.404. The van der Waals surface area contributed by atoms with E-state index in [1.807, 2.05) is 37.3 Å². The molecule has 0 aliphatic heterocycles. The maximum atomic E-state index is 9.78. The number of benzene rings is 2. The van der Waals surface area contributed by atoms with Crippen LogP contribution >= 0.6 is 0 Å². The standard InChI is InChI=1S/C12H12O/c1-8-7-9(2)12(13)11-6-4-3-5-10(8)11/h3-7,13H,1-2H3. The molecule has 2 aromatic rings. The van der Waals surface area contributed by atoms with Gasteiger partial charge in [0.05, 0.1) is 0 Å². The summed E-state index contributed by atoms with van der Waals surface area (Å²) in [6.45, 7) is 3.99. The molecule has 2 rings (SSSR count). The molecule has 0 radical (unpaired) electrons. The van der Waals surface area contributed by atoms with Crippen LogP contribution in [0.25, 0.3) is 10.8 Å². The molecule has 1 heteroatoms. The Hall–Kier alpha value is -1.50. The number of aryl methyl sites for hydroxylation is 2. The third kappa shape index (κ3) is 1.17. The van der Waals surface area contributed by atoms with Crippen molar-refractivity contribution in [2.24, 2.45) is 0 Å². The number of phenolic OH excluding ortho intramolecular Hbond substituents is 1. The van der Waals surface area contributed by atoms with Crippen LogP contribution in [0, 0.1) is 13.8 Å². The normalized spacial score (nSPS) is 10.6. The third-order valence-corrected chi connectivity index (χ3v) is 2.41. The van der Waals surface area contributed by atoms with E-state index in [1.54, 1.807) is 0 Å².